The monoisotopic (exact) mass is 302 g/mol. The molecule has 0 radical (unpaired) electrons. The number of carbonyl (C=O) groups excluding carboxylic acids is 1. The van der Waals surface area contributed by atoms with Gasteiger partial charge in [-0.1, -0.05) is 25.0 Å². The van der Waals surface area contributed by atoms with Crippen LogP contribution in [0.15, 0.2) is 24.3 Å². The summed E-state index contributed by atoms with van der Waals surface area (Å²) in [5.41, 5.74) is 7.08. The van der Waals surface area contributed by atoms with E-state index in [-0.39, 0.29) is 12.0 Å². The fourth-order valence-electron chi connectivity index (χ4n) is 4.18. The van der Waals surface area contributed by atoms with Gasteiger partial charge in [-0.15, -0.1) is 0 Å². The Morgan fingerprint density at radius 1 is 1.23 bits per heavy atom. The van der Waals surface area contributed by atoms with Crippen LogP contribution < -0.4 is 5.73 Å². The van der Waals surface area contributed by atoms with Crippen molar-refractivity contribution in [2.45, 2.75) is 57.2 Å². The predicted molar refractivity (Wildman–Crippen MR) is 86.4 cm³/mol. The van der Waals surface area contributed by atoms with Gasteiger partial charge in [-0.3, -0.25) is 9.69 Å². The molecule has 22 heavy (non-hydrogen) atoms. The molecular formula is C18H26N2O2. The first-order valence-electron chi connectivity index (χ1n) is 8.46. The molecule has 2 aliphatic rings. The molecule has 1 saturated heterocycles. The third-order valence-electron chi connectivity index (χ3n) is 5.29. The Labute approximate surface area is 132 Å². The van der Waals surface area contributed by atoms with E-state index in [1.165, 1.54) is 19.3 Å². The van der Waals surface area contributed by atoms with E-state index < -0.39 is 0 Å². The number of nitrogens with zero attached hydrogens (tertiary/aromatic N) is 1. The molecule has 1 aromatic rings. The molecule has 1 amide bonds. The summed E-state index contributed by atoms with van der Waals surface area (Å²) in [7, 11) is 0. The molecule has 0 aromatic heterocycles. The van der Waals surface area contributed by atoms with Crippen molar-refractivity contribution in [3.05, 3.63) is 35.4 Å². The lowest BCUT2D eigenvalue weighted by Gasteiger charge is -2.37. The molecule has 1 aromatic carbocycles. The second-order valence-electron chi connectivity index (χ2n) is 6.76. The third kappa shape index (κ3) is 3.33. The Morgan fingerprint density at radius 2 is 2.05 bits per heavy atom. The van der Waals surface area contributed by atoms with Crippen LogP contribution in [0, 0.1) is 5.92 Å². The fourth-order valence-corrected chi connectivity index (χ4v) is 4.18. The van der Waals surface area contributed by atoms with Crippen molar-refractivity contribution in [2.75, 3.05) is 6.54 Å². The van der Waals surface area contributed by atoms with E-state index in [9.17, 15) is 9.90 Å². The largest absolute Gasteiger partial charge is 0.393 e. The van der Waals surface area contributed by atoms with Crippen LogP contribution in [0.4, 0.5) is 0 Å². The number of hydrogen-bond acceptors (Lipinski definition) is 3. The van der Waals surface area contributed by atoms with Gasteiger partial charge in [0.2, 0.25) is 5.91 Å². The Morgan fingerprint density at radius 3 is 2.82 bits per heavy atom. The predicted octanol–water partition coefficient (Wildman–Crippen LogP) is 2.30. The zero-order valence-electron chi connectivity index (χ0n) is 13.1. The minimum atomic E-state index is -0.373. The van der Waals surface area contributed by atoms with E-state index in [0.29, 0.717) is 17.5 Å². The standard InChI is InChI=1S/C18H26N2O2/c19-18(22)14-6-3-5-13(11-14)12-20-10-4-8-16(20)15-7-1-2-9-17(15)21/h3,5-6,11,15-17,21H,1-2,4,7-10,12H2,(H2,19,22)/t15-,16-,17+/m1/s1. The summed E-state index contributed by atoms with van der Waals surface area (Å²) in [6, 6.07) is 8.09. The van der Waals surface area contributed by atoms with Crippen molar-refractivity contribution in [1.29, 1.82) is 0 Å². The van der Waals surface area contributed by atoms with E-state index in [0.717, 1.165) is 37.9 Å². The smallest absolute Gasteiger partial charge is 0.248 e. The Balaban J connectivity index is 1.70. The van der Waals surface area contributed by atoms with Gasteiger partial charge >= 0.3 is 0 Å². The fraction of sp³-hybridized carbons (Fsp3) is 0.611. The highest BCUT2D eigenvalue weighted by Crippen LogP contribution is 2.35. The average Bonchev–Trinajstić information content (AvgIpc) is 2.96. The van der Waals surface area contributed by atoms with Gasteiger partial charge in [-0.05, 0) is 49.9 Å². The van der Waals surface area contributed by atoms with Crippen LogP contribution in [-0.4, -0.2) is 34.6 Å². The van der Waals surface area contributed by atoms with E-state index in [4.69, 9.17) is 5.73 Å². The van der Waals surface area contributed by atoms with Crippen LogP contribution in [0.2, 0.25) is 0 Å². The van der Waals surface area contributed by atoms with Gasteiger partial charge in [-0.25, -0.2) is 0 Å². The van der Waals surface area contributed by atoms with Crippen molar-refractivity contribution < 1.29 is 9.90 Å². The number of nitrogens with two attached hydrogens (primary N) is 1. The van der Waals surface area contributed by atoms with Gasteiger partial charge in [0.25, 0.3) is 0 Å². The number of likely N-dealkylation sites (tertiary alicyclic amines) is 1. The molecule has 2 fully saturated rings. The zero-order valence-corrected chi connectivity index (χ0v) is 13.1. The second-order valence-corrected chi connectivity index (χ2v) is 6.76. The van der Waals surface area contributed by atoms with Crippen LogP contribution in [0.3, 0.4) is 0 Å². The normalized spacial score (nSPS) is 29.6. The SMILES string of the molecule is NC(=O)c1cccc(CN2CCC[C@@H]2[C@H]2CCCC[C@@H]2O)c1. The first kappa shape index (κ1) is 15.5. The van der Waals surface area contributed by atoms with Gasteiger partial charge in [0.1, 0.15) is 0 Å². The topological polar surface area (TPSA) is 66.6 Å². The number of rotatable bonds is 4. The van der Waals surface area contributed by atoms with Crippen molar-refractivity contribution in [2.24, 2.45) is 11.7 Å². The highest BCUT2D eigenvalue weighted by molar-refractivity contribution is 5.92. The summed E-state index contributed by atoms with van der Waals surface area (Å²) in [5, 5.41) is 10.3. The number of aliphatic hydroxyl groups excluding tert-OH is 1. The molecule has 4 nitrogen and oxygen atoms in total. The van der Waals surface area contributed by atoms with Crippen LogP contribution in [0.25, 0.3) is 0 Å². The van der Waals surface area contributed by atoms with Gasteiger partial charge in [-0.2, -0.15) is 0 Å². The highest BCUT2D eigenvalue weighted by Gasteiger charge is 2.36. The van der Waals surface area contributed by atoms with Crippen molar-refractivity contribution >= 4 is 5.91 Å². The van der Waals surface area contributed by atoms with Gasteiger partial charge in [0, 0.05) is 24.1 Å². The molecule has 0 bridgehead atoms. The van der Waals surface area contributed by atoms with Crippen LogP contribution >= 0.6 is 0 Å². The Bertz CT molecular complexity index is 532. The molecule has 1 saturated carbocycles. The van der Waals surface area contributed by atoms with E-state index in [1.54, 1.807) is 6.07 Å². The quantitative estimate of drug-likeness (QED) is 0.897. The maximum absolute atomic E-state index is 11.3. The lowest BCUT2D eigenvalue weighted by atomic mass is 9.80. The summed E-state index contributed by atoms with van der Waals surface area (Å²) in [6.07, 6.45) is 6.72. The number of hydrogen-bond donors (Lipinski definition) is 2. The number of amides is 1. The molecule has 120 valence electrons. The highest BCUT2D eigenvalue weighted by atomic mass is 16.3. The molecule has 3 N–H and O–H groups in total. The van der Waals surface area contributed by atoms with E-state index >= 15 is 0 Å². The Kier molecular flexibility index (Phi) is 4.79. The number of primary amides is 1. The molecular weight excluding hydrogens is 276 g/mol. The summed E-state index contributed by atoms with van der Waals surface area (Å²) in [6.45, 7) is 1.92. The molecule has 0 spiro atoms. The molecule has 3 atom stereocenters. The molecule has 1 aliphatic carbocycles. The Hall–Kier alpha value is -1.39. The molecule has 1 heterocycles. The summed E-state index contributed by atoms with van der Waals surface area (Å²) in [5.74, 6) is 0.0399. The first-order valence-corrected chi connectivity index (χ1v) is 8.46. The minimum absolute atomic E-state index is 0.142. The average molecular weight is 302 g/mol. The van der Waals surface area contributed by atoms with Crippen molar-refractivity contribution in [3.63, 3.8) is 0 Å². The lowest BCUT2D eigenvalue weighted by molar-refractivity contribution is 0.0201. The van der Waals surface area contributed by atoms with Crippen molar-refractivity contribution in [1.82, 2.24) is 4.90 Å². The summed E-state index contributed by atoms with van der Waals surface area (Å²) >= 11 is 0. The summed E-state index contributed by atoms with van der Waals surface area (Å²) in [4.78, 5) is 13.8. The number of carbonyl (C=O) groups is 1. The van der Waals surface area contributed by atoms with Crippen molar-refractivity contribution in [3.8, 4) is 0 Å². The molecule has 4 heteroatoms. The van der Waals surface area contributed by atoms with Gasteiger partial charge in [0.05, 0.1) is 6.10 Å². The van der Waals surface area contributed by atoms with E-state index in [1.807, 2.05) is 12.1 Å². The van der Waals surface area contributed by atoms with Crippen LogP contribution in [-0.2, 0) is 6.54 Å². The maximum atomic E-state index is 11.3. The maximum Gasteiger partial charge on any atom is 0.248 e. The molecule has 1 aliphatic heterocycles. The molecule has 0 unspecified atom stereocenters. The lowest BCUT2D eigenvalue weighted by Crippen LogP contribution is -2.42. The second kappa shape index (κ2) is 6.80. The van der Waals surface area contributed by atoms with Crippen LogP contribution in [0.1, 0.15) is 54.4 Å². The third-order valence-corrected chi connectivity index (χ3v) is 5.29. The van der Waals surface area contributed by atoms with Gasteiger partial charge in [0.15, 0.2) is 0 Å². The number of aliphatic hydroxyl groups is 1. The number of benzene rings is 1. The summed E-state index contributed by atoms with van der Waals surface area (Å²) < 4.78 is 0. The zero-order chi connectivity index (χ0) is 15.5. The minimum Gasteiger partial charge on any atom is -0.393 e. The van der Waals surface area contributed by atoms with Crippen LogP contribution in [0.5, 0.6) is 0 Å². The first-order chi connectivity index (χ1) is 10.6. The molecule has 3 rings (SSSR count). The van der Waals surface area contributed by atoms with E-state index in [2.05, 4.69) is 11.0 Å². The van der Waals surface area contributed by atoms with Gasteiger partial charge < -0.3 is 10.8 Å².